The second-order valence-corrected chi connectivity index (χ2v) is 5.99. The maximum atomic E-state index is 6.17. The van der Waals surface area contributed by atoms with Crippen molar-refractivity contribution in [2.75, 3.05) is 24.7 Å². The third-order valence-electron chi connectivity index (χ3n) is 3.75. The van der Waals surface area contributed by atoms with Gasteiger partial charge >= 0.3 is 0 Å². The molecule has 2 atom stereocenters. The van der Waals surface area contributed by atoms with Crippen LogP contribution in [0.5, 0.6) is 0 Å². The maximum Gasteiger partial charge on any atom is 0.0982 e. The molecule has 2 fully saturated rings. The Morgan fingerprint density at radius 1 is 1.65 bits per heavy atom. The number of rotatable bonds is 1. The molecule has 0 aromatic carbocycles. The average molecular weight is 253 g/mol. The van der Waals surface area contributed by atoms with Gasteiger partial charge in [-0.05, 0) is 18.6 Å². The van der Waals surface area contributed by atoms with Crippen molar-refractivity contribution >= 4 is 11.8 Å². The largest absolute Gasteiger partial charge is 0.371 e. The van der Waals surface area contributed by atoms with E-state index in [0.717, 1.165) is 25.3 Å². The lowest BCUT2D eigenvalue weighted by molar-refractivity contribution is -0.0903. The van der Waals surface area contributed by atoms with Crippen molar-refractivity contribution < 1.29 is 4.74 Å². The molecule has 4 nitrogen and oxygen atoms in total. The summed E-state index contributed by atoms with van der Waals surface area (Å²) in [6.45, 7) is 1.76. The van der Waals surface area contributed by atoms with Gasteiger partial charge in [-0.1, -0.05) is 0 Å². The number of thioether (sulfide) groups is 1. The van der Waals surface area contributed by atoms with Crippen LogP contribution in [0.3, 0.4) is 0 Å². The standard InChI is InChI=1S/C12H19N3OS/c1-15-9-13-7-10(15)11-12(16-5-4-14-11)3-2-6-17-8-12/h7,9,11,14H,2-6,8H2,1H3. The average Bonchev–Trinajstić information content (AvgIpc) is 2.77. The lowest BCUT2D eigenvalue weighted by Crippen LogP contribution is -2.55. The van der Waals surface area contributed by atoms with E-state index in [2.05, 4.69) is 21.9 Å². The fourth-order valence-electron chi connectivity index (χ4n) is 2.88. The molecule has 3 heterocycles. The Balaban J connectivity index is 1.92. The summed E-state index contributed by atoms with van der Waals surface area (Å²) in [5, 5.41) is 3.62. The van der Waals surface area contributed by atoms with Crippen LogP contribution in [0.1, 0.15) is 24.6 Å². The van der Waals surface area contributed by atoms with Crippen molar-refractivity contribution in [1.82, 2.24) is 14.9 Å². The summed E-state index contributed by atoms with van der Waals surface area (Å²) in [5.41, 5.74) is 1.22. The minimum absolute atomic E-state index is 0.0189. The van der Waals surface area contributed by atoms with Crippen molar-refractivity contribution in [2.45, 2.75) is 24.5 Å². The first-order chi connectivity index (χ1) is 8.32. The van der Waals surface area contributed by atoms with E-state index in [-0.39, 0.29) is 11.6 Å². The molecule has 3 rings (SSSR count). The summed E-state index contributed by atoms with van der Waals surface area (Å²) >= 11 is 2.01. The Labute approximate surface area is 106 Å². The minimum atomic E-state index is -0.0189. The summed E-state index contributed by atoms with van der Waals surface area (Å²) < 4.78 is 8.28. The molecule has 0 bridgehead atoms. The fraction of sp³-hybridized carbons (Fsp3) is 0.750. The number of morpholine rings is 1. The van der Waals surface area contributed by atoms with Gasteiger partial charge in [-0.3, -0.25) is 0 Å². The Bertz CT molecular complexity index is 379. The molecule has 2 unspecified atom stereocenters. The zero-order valence-corrected chi connectivity index (χ0v) is 11.0. The van der Waals surface area contributed by atoms with Crippen LogP contribution in [0.2, 0.25) is 0 Å². The molecular weight excluding hydrogens is 234 g/mol. The Hall–Kier alpha value is -0.520. The Morgan fingerprint density at radius 3 is 3.29 bits per heavy atom. The molecule has 17 heavy (non-hydrogen) atoms. The predicted octanol–water partition coefficient (Wildman–Crippen LogP) is 1.35. The van der Waals surface area contributed by atoms with Gasteiger partial charge in [0.15, 0.2) is 0 Å². The van der Waals surface area contributed by atoms with Crippen LogP contribution in [-0.2, 0) is 11.8 Å². The van der Waals surface area contributed by atoms with E-state index in [1.54, 1.807) is 0 Å². The van der Waals surface area contributed by atoms with E-state index < -0.39 is 0 Å². The molecule has 0 radical (unpaired) electrons. The summed E-state index contributed by atoms with van der Waals surface area (Å²) in [6, 6.07) is 0.288. The first-order valence-corrected chi connectivity index (χ1v) is 7.39. The topological polar surface area (TPSA) is 39.1 Å². The minimum Gasteiger partial charge on any atom is -0.371 e. The molecule has 5 heteroatoms. The van der Waals surface area contributed by atoms with Gasteiger partial charge in [-0.15, -0.1) is 0 Å². The number of aryl methyl sites for hydroxylation is 1. The second-order valence-electron chi connectivity index (χ2n) is 4.89. The third-order valence-corrected chi connectivity index (χ3v) is 5.02. The Kier molecular flexibility index (Phi) is 3.15. The fourth-order valence-corrected chi connectivity index (χ4v) is 4.11. The van der Waals surface area contributed by atoms with Crippen LogP contribution in [0.4, 0.5) is 0 Å². The van der Waals surface area contributed by atoms with Crippen LogP contribution in [0, 0.1) is 0 Å². The highest BCUT2D eigenvalue weighted by Crippen LogP contribution is 2.41. The van der Waals surface area contributed by atoms with E-state index >= 15 is 0 Å². The van der Waals surface area contributed by atoms with Gasteiger partial charge in [0.05, 0.1) is 30.3 Å². The lowest BCUT2D eigenvalue weighted by atomic mass is 9.87. The van der Waals surface area contributed by atoms with Crippen molar-refractivity contribution in [1.29, 1.82) is 0 Å². The van der Waals surface area contributed by atoms with E-state index in [1.807, 2.05) is 24.3 Å². The molecule has 0 amide bonds. The smallest absolute Gasteiger partial charge is 0.0982 e. The third kappa shape index (κ3) is 2.00. The van der Waals surface area contributed by atoms with Gasteiger partial charge in [0, 0.05) is 25.5 Å². The molecule has 2 aliphatic heterocycles. The lowest BCUT2D eigenvalue weighted by Gasteiger charge is -2.46. The van der Waals surface area contributed by atoms with Crippen LogP contribution in [0.25, 0.3) is 0 Å². The van der Waals surface area contributed by atoms with Gasteiger partial charge in [-0.25, -0.2) is 4.98 Å². The molecule has 1 spiro atoms. The molecule has 94 valence electrons. The highest BCUT2D eigenvalue weighted by molar-refractivity contribution is 7.99. The zero-order valence-electron chi connectivity index (χ0n) is 10.2. The number of hydrogen-bond acceptors (Lipinski definition) is 4. The zero-order chi connectivity index (χ0) is 11.7. The van der Waals surface area contributed by atoms with E-state index in [9.17, 15) is 0 Å². The summed E-state index contributed by atoms with van der Waals surface area (Å²) in [7, 11) is 2.06. The van der Waals surface area contributed by atoms with Gasteiger partial charge in [0.1, 0.15) is 0 Å². The highest BCUT2D eigenvalue weighted by Gasteiger charge is 2.45. The van der Waals surface area contributed by atoms with Crippen molar-refractivity contribution in [3.63, 3.8) is 0 Å². The number of nitrogens with one attached hydrogen (secondary N) is 1. The van der Waals surface area contributed by atoms with Crippen LogP contribution >= 0.6 is 11.8 Å². The monoisotopic (exact) mass is 253 g/mol. The second kappa shape index (κ2) is 4.63. The van der Waals surface area contributed by atoms with Gasteiger partial charge in [0.2, 0.25) is 0 Å². The molecular formula is C12H19N3OS. The van der Waals surface area contributed by atoms with Crippen LogP contribution < -0.4 is 5.32 Å². The van der Waals surface area contributed by atoms with Gasteiger partial charge < -0.3 is 14.6 Å². The maximum absolute atomic E-state index is 6.17. The molecule has 0 saturated carbocycles. The quantitative estimate of drug-likeness (QED) is 0.820. The van der Waals surface area contributed by atoms with E-state index in [1.165, 1.54) is 17.9 Å². The summed E-state index contributed by atoms with van der Waals surface area (Å²) in [6.07, 6.45) is 6.24. The van der Waals surface area contributed by atoms with Crippen molar-refractivity contribution in [3.05, 3.63) is 18.2 Å². The predicted molar refractivity (Wildman–Crippen MR) is 69.2 cm³/mol. The molecule has 2 aliphatic rings. The molecule has 1 N–H and O–H groups in total. The molecule has 1 aromatic rings. The van der Waals surface area contributed by atoms with E-state index in [0.29, 0.717) is 0 Å². The first kappa shape index (κ1) is 11.6. The van der Waals surface area contributed by atoms with Crippen molar-refractivity contribution in [3.8, 4) is 0 Å². The van der Waals surface area contributed by atoms with Gasteiger partial charge in [0.25, 0.3) is 0 Å². The van der Waals surface area contributed by atoms with Crippen molar-refractivity contribution in [2.24, 2.45) is 7.05 Å². The summed E-state index contributed by atoms with van der Waals surface area (Å²) in [4.78, 5) is 4.24. The number of ether oxygens (including phenoxy) is 1. The summed E-state index contributed by atoms with van der Waals surface area (Å²) in [5.74, 6) is 2.36. The molecule has 0 aliphatic carbocycles. The van der Waals surface area contributed by atoms with Crippen LogP contribution in [0.15, 0.2) is 12.5 Å². The number of imidazole rings is 1. The first-order valence-electron chi connectivity index (χ1n) is 6.23. The highest BCUT2D eigenvalue weighted by atomic mass is 32.2. The molecule has 1 aromatic heterocycles. The normalized spacial score (nSPS) is 34.1. The van der Waals surface area contributed by atoms with E-state index in [4.69, 9.17) is 4.74 Å². The number of aromatic nitrogens is 2. The Morgan fingerprint density at radius 2 is 2.59 bits per heavy atom. The number of nitrogens with zero attached hydrogens (tertiary/aromatic N) is 2. The molecule has 2 saturated heterocycles. The van der Waals surface area contributed by atoms with Crippen LogP contribution in [-0.4, -0.2) is 39.8 Å². The number of hydrogen-bond donors (Lipinski definition) is 1. The van der Waals surface area contributed by atoms with Gasteiger partial charge in [-0.2, -0.15) is 11.8 Å². The SMILES string of the molecule is Cn1cncc1C1NCCOC12CCCSC2.